The minimum absolute atomic E-state index is 0.0216. The number of imidazole rings is 1. The quantitative estimate of drug-likeness (QED) is 0.770. The molecule has 2 N–H and O–H groups in total. The summed E-state index contributed by atoms with van der Waals surface area (Å²) < 4.78 is 2.23. The largest absolute Gasteiger partial charge is 0.327 e. The van der Waals surface area contributed by atoms with E-state index in [0.29, 0.717) is 5.92 Å². The second-order valence-electron chi connectivity index (χ2n) is 6.39. The van der Waals surface area contributed by atoms with Gasteiger partial charge < -0.3 is 10.3 Å². The lowest BCUT2D eigenvalue weighted by atomic mass is 10.0. The van der Waals surface area contributed by atoms with Gasteiger partial charge in [0, 0.05) is 18.9 Å². The van der Waals surface area contributed by atoms with Crippen molar-refractivity contribution in [2.24, 2.45) is 11.7 Å². The van der Waals surface area contributed by atoms with Crippen molar-refractivity contribution < 1.29 is 0 Å². The fourth-order valence-corrected chi connectivity index (χ4v) is 3.10. The molecule has 0 saturated carbocycles. The van der Waals surface area contributed by atoms with E-state index < -0.39 is 0 Å². The lowest BCUT2D eigenvalue weighted by molar-refractivity contribution is 0.479. The van der Waals surface area contributed by atoms with Gasteiger partial charge in [0.15, 0.2) is 0 Å². The zero-order valence-corrected chi connectivity index (χ0v) is 14.0. The van der Waals surface area contributed by atoms with Crippen LogP contribution < -0.4 is 5.73 Å². The van der Waals surface area contributed by atoms with Crippen molar-refractivity contribution in [1.82, 2.24) is 14.5 Å². The number of rotatable bonds is 5. The highest BCUT2D eigenvalue weighted by atomic mass is 15.1. The molecule has 120 valence electrons. The van der Waals surface area contributed by atoms with Crippen molar-refractivity contribution in [1.29, 1.82) is 0 Å². The Morgan fingerprint density at radius 3 is 2.48 bits per heavy atom. The van der Waals surface area contributed by atoms with Crippen molar-refractivity contribution >= 4 is 11.0 Å². The maximum atomic E-state index is 6.39. The summed E-state index contributed by atoms with van der Waals surface area (Å²) in [6.07, 6.45) is 4.57. The van der Waals surface area contributed by atoms with E-state index in [1.165, 1.54) is 0 Å². The standard InChI is InChI=1S/C19H24N4/c1-4-23-18-6-5-15(14-7-9-21-10-8-14)12-17(18)22-19(23)16(20)11-13(2)3/h5-10,12-13,16H,4,11,20H2,1-3H3. The van der Waals surface area contributed by atoms with Crippen LogP contribution in [0.3, 0.4) is 0 Å². The molecule has 0 aliphatic rings. The molecule has 0 radical (unpaired) electrons. The van der Waals surface area contributed by atoms with E-state index in [2.05, 4.69) is 48.5 Å². The molecule has 0 aliphatic heterocycles. The predicted molar refractivity (Wildman–Crippen MR) is 95.0 cm³/mol. The summed E-state index contributed by atoms with van der Waals surface area (Å²) in [5.74, 6) is 1.55. The summed E-state index contributed by atoms with van der Waals surface area (Å²) in [5.41, 5.74) is 10.9. The van der Waals surface area contributed by atoms with Crippen LogP contribution in [0.5, 0.6) is 0 Å². The average Bonchev–Trinajstić information content (AvgIpc) is 2.92. The topological polar surface area (TPSA) is 56.7 Å². The Balaban J connectivity index is 2.07. The molecular formula is C19H24N4. The number of benzene rings is 1. The van der Waals surface area contributed by atoms with Crippen LogP contribution in [-0.4, -0.2) is 14.5 Å². The van der Waals surface area contributed by atoms with Gasteiger partial charge in [-0.15, -0.1) is 0 Å². The highest BCUT2D eigenvalue weighted by Crippen LogP contribution is 2.27. The molecule has 0 aliphatic carbocycles. The molecule has 0 fully saturated rings. The number of nitrogens with zero attached hydrogens (tertiary/aromatic N) is 3. The molecule has 1 unspecified atom stereocenters. The van der Waals surface area contributed by atoms with Crippen LogP contribution in [0.4, 0.5) is 0 Å². The average molecular weight is 308 g/mol. The summed E-state index contributed by atoms with van der Waals surface area (Å²) >= 11 is 0. The van der Waals surface area contributed by atoms with E-state index in [0.717, 1.165) is 41.0 Å². The van der Waals surface area contributed by atoms with Crippen molar-refractivity contribution in [3.63, 3.8) is 0 Å². The van der Waals surface area contributed by atoms with E-state index in [1.54, 1.807) is 0 Å². The summed E-state index contributed by atoms with van der Waals surface area (Å²) in [6, 6.07) is 10.4. The molecule has 3 rings (SSSR count). The van der Waals surface area contributed by atoms with Gasteiger partial charge in [0.1, 0.15) is 5.82 Å². The molecule has 1 aromatic carbocycles. The summed E-state index contributed by atoms with van der Waals surface area (Å²) in [5, 5.41) is 0. The molecule has 0 bridgehead atoms. The first-order valence-corrected chi connectivity index (χ1v) is 8.26. The Morgan fingerprint density at radius 2 is 1.83 bits per heavy atom. The Hall–Kier alpha value is -2.20. The highest BCUT2D eigenvalue weighted by Gasteiger charge is 2.17. The van der Waals surface area contributed by atoms with Gasteiger partial charge >= 0.3 is 0 Å². The van der Waals surface area contributed by atoms with Gasteiger partial charge in [0.25, 0.3) is 0 Å². The summed E-state index contributed by atoms with van der Waals surface area (Å²) in [6.45, 7) is 7.41. The van der Waals surface area contributed by atoms with E-state index in [1.807, 2.05) is 24.5 Å². The molecule has 4 heteroatoms. The molecule has 0 saturated heterocycles. The molecule has 0 amide bonds. The van der Waals surface area contributed by atoms with Gasteiger partial charge in [0.2, 0.25) is 0 Å². The van der Waals surface area contributed by atoms with Gasteiger partial charge in [0.05, 0.1) is 17.1 Å². The molecule has 4 nitrogen and oxygen atoms in total. The van der Waals surface area contributed by atoms with Crippen LogP contribution in [0.2, 0.25) is 0 Å². The second-order valence-corrected chi connectivity index (χ2v) is 6.39. The number of aryl methyl sites for hydroxylation is 1. The SMILES string of the molecule is CCn1c(C(N)CC(C)C)nc2cc(-c3ccncc3)ccc21. The van der Waals surface area contributed by atoms with Crippen LogP contribution in [0.25, 0.3) is 22.2 Å². The number of nitrogens with two attached hydrogens (primary N) is 1. The lowest BCUT2D eigenvalue weighted by Crippen LogP contribution is -2.18. The normalized spacial score (nSPS) is 12.9. The molecule has 1 atom stereocenters. The Kier molecular flexibility index (Phi) is 4.44. The van der Waals surface area contributed by atoms with E-state index >= 15 is 0 Å². The van der Waals surface area contributed by atoms with Crippen molar-refractivity contribution in [3.8, 4) is 11.1 Å². The van der Waals surface area contributed by atoms with Gasteiger partial charge in [-0.25, -0.2) is 4.98 Å². The third-order valence-electron chi connectivity index (χ3n) is 4.16. The molecule has 0 spiro atoms. The molecule has 2 aromatic heterocycles. The van der Waals surface area contributed by atoms with Gasteiger partial charge in [-0.1, -0.05) is 19.9 Å². The van der Waals surface area contributed by atoms with Gasteiger partial charge in [-0.05, 0) is 54.7 Å². The smallest absolute Gasteiger partial charge is 0.126 e. The summed E-state index contributed by atoms with van der Waals surface area (Å²) in [7, 11) is 0. The van der Waals surface area contributed by atoms with Crippen LogP contribution in [0, 0.1) is 5.92 Å². The Bertz CT molecular complexity index is 790. The zero-order chi connectivity index (χ0) is 16.4. The van der Waals surface area contributed by atoms with E-state index in [4.69, 9.17) is 10.7 Å². The Morgan fingerprint density at radius 1 is 1.09 bits per heavy atom. The number of hydrogen-bond acceptors (Lipinski definition) is 3. The van der Waals surface area contributed by atoms with Crippen LogP contribution >= 0.6 is 0 Å². The number of fused-ring (bicyclic) bond motifs is 1. The maximum Gasteiger partial charge on any atom is 0.126 e. The van der Waals surface area contributed by atoms with Crippen molar-refractivity contribution in [2.75, 3.05) is 0 Å². The first-order valence-electron chi connectivity index (χ1n) is 8.26. The van der Waals surface area contributed by atoms with Crippen LogP contribution in [0.1, 0.15) is 39.1 Å². The number of hydrogen-bond donors (Lipinski definition) is 1. The van der Waals surface area contributed by atoms with Crippen LogP contribution in [-0.2, 0) is 6.54 Å². The fraction of sp³-hybridized carbons (Fsp3) is 0.368. The van der Waals surface area contributed by atoms with Crippen molar-refractivity contribution in [2.45, 2.75) is 39.8 Å². The molecule has 2 heterocycles. The molecule has 3 aromatic rings. The maximum absolute atomic E-state index is 6.39. The minimum atomic E-state index is -0.0216. The monoisotopic (exact) mass is 308 g/mol. The Labute approximate surface area is 137 Å². The zero-order valence-electron chi connectivity index (χ0n) is 14.0. The van der Waals surface area contributed by atoms with Crippen LogP contribution in [0.15, 0.2) is 42.7 Å². The predicted octanol–water partition coefficient (Wildman–Crippen LogP) is 4.16. The fourth-order valence-electron chi connectivity index (χ4n) is 3.10. The minimum Gasteiger partial charge on any atom is -0.327 e. The third kappa shape index (κ3) is 3.13. The first-order chi connectivity index (χ1) is 11.1. The third-order valence-corrected chi connectivity index (χ3v) is 4.16. The van der Waals surface area contributed by atoms with E-state index in [-0.39, 0.29) is 6.04 Å². The summed E-state index contributed by atoms with van der Waals surface area (Å²) in [4.78, 5) is 8.92. The van der Waals surface area contributed by atoms with Gasteiger partial charge in [-0.2, -0.15) is 0 Å². The first kappa shape index (κ1) is 15.7. The number of aromatic nitrogens is 3. The lowest BCUT2D eigenvalue weighted by Gasteiger charge is -2.15. The van der Waals surface area contributed by atoms with E-state index in [9.17, 15) is 0 Å². The molecule has 23 heavy (non-hydrogen) atoms. The number of pyridine rings is 1. The van der Waals surface area contributed by atoms with Gasteiger partial charge in [-0.3, -0.25) is 4.98 Å². The second kappa shape index (κ2) is 6.50. The molecular weight excluding hydrogens is 284 g/mol. The highest BCUT2D eigenvalue weighted by molar-refractivity contribution is 5.82. The van der Waals surface area contributed by atoms with Crippen molar-refractivity contribution in [3.05, 3.63) is 48.5 Å².